The van der Waals surface area contributed by atoms with Gasteiger partial charge in [0.15, 0.2) is 0 Å². The lowest BCUT2D eigenvalue weighted by molar-refractivity contribution is 0.0432. The van der Waals surface area contributed by atoms with Crippen molar-refractivity contribution in [3.05, 3.63) is 29.3 Å². The van der Waals surface area contributed by atoms with Crippen LogP contribution in [0.4, 0.5) is 10.5 Å². The van der Waals surface area contributed by atoms with Crippen LogP contribution in [0.1, 0.15) is 24.0 Å². The van der Waals surface area contributed by atoms with E-state index in [0.717, 1.165) is 29.7 Å². The zero-order valence-electron chi connectivity index (χ0n) is 13.6. The molecule has 1 aliphatic heterocycles. The Hall–Kier alpha value is -0.880. The van der Waals surface area contributed by atoms with E-state index in [1.807, 2.05) is 32.0 Å². The highest BCUT2D eigenvalue weighted by Gasteiger charge is 2.34. The van der Waals surface area contributed by atoms with E-state index in [-0.39, 0.29) is 12.7 Å². The Bertz CT molecular complexity index is 572. The topological polar surface area (TPSA) is 59.6 Å². The Morgan fingerprint density at radius 1 is 1.38 bits per heavy atom. The second-order valence-corrected chi connectivity index (χ2v) is 8.16. The van der Waals surface area contributed by atoms with Crippen LogP contribution in [0.5, 0.6) is 0 Å². The third-order valence-corrected chi connectivity index (χ3v) is 4.49. The van der Waals surface area contributed by atoms with E-state index < -0.39 is 16.1 Å². The summed E-state index contributed by atoms with van der Waals surface area (Å²) in [6.45, 7) is 4.86. The van der Waals surface area contributed by atoms with Crippen LogP contribution in [0.2, 0.25) is 0 Å². The molecule has 2 rings (SSSR count). The van der Waals surface area contributed by atoms with Crippen LogP contribution in [0, 0.1) is 13.8 Å². The van der Waals surface area contributed by atoms with E-state index >= 15 is 0 Å². The number of nitrogens with one attached hydrogen (secondary N) is 2. The molecule has 1 fully saturated rings. The van der Waals surface area contributed by atoms with Gasteiger partial charge in [-0.3, -0.25) is 5.32 Å². The third kappa shape index (κ3) is 5.88. The number of benzene rings is 1. The zero-order chi connectivity index (χ0) is 17.7. The number of alkyl carbamates (subject to hydrolysis) is 1. The summed E-state index contributed by atoms with van der Waals surface area (Å²) in [5.41, 5.74) is 2.97. The van der Waals surface area contributed by atoms with E-state index in [1.54, 1.807) is 0 Å². The predicted molar refractivity (Wildman–Crippen MR) is 97.1 cm³/mol. The van der Waals surface area contributed by atoms with Gasteiger partial charge in [-0.2, -0.15) is 0 Å². The molecule has 0 saturated carbocycles. The molecule has 0 aromatic heterocycles. The van der Waals surface area contributed by atoms with Crippen LogP contribution in [0.25, 0.3) is 0 Å². The summed E-state index contributed by atoms with van der Waals surface area (Å²) in [4.78, 5) is 12.0. The molecule has 1 saturated heterocycles. The largest absolute Gasteiger partial charge is 0.447 e. The number of hydrogen-bond donors (Lipinski definition) is 2. The molecule has 8 heteroatoms. The normalized spacial score (nSPS) is 19.0. The first kappa shape index (κ1) is 19.4. The summed E-state index contributed by atoms with van der Waals surface area (Å²) >= 11 is 17.9. The molecule has 0 bridgehead atoms. The highest BCUT2D eigenvalue weighted by molar-refractivity contribution is 6.68. The monoisotopic (exact) mass is 394 g/mol. The van der Waals surface area contributed by atoms with Gasteiger partial charge in [0.25, 0.3) is 0 Å². The van der Waals surface area contributed by atoms with E-state index in [9.17, 15) is 4.79 Å². The lowest BCUT2D eigenvalue weighted by Crippen LogP contribution is -2.49. The molecule has 0 radical (unpaired) electrons. The molecule has 1 heterocycles. The summed E-state index contributed by atoms with van der Waals surface area (Å²) in [6.07, 6.45) is 0.178. The summed E-state index contributed by atoms with van der Waals surface area (Å²) < 4.78 is 8.79. The molecule has 0 spiro atoms. The maximum absolute atomic E-state index is 12.0. The first-order valence-corrected chi connectivity index (χ1v) is 8.84. The summed E-state index contributed by atoms with van der Waals surface area (Å²) in [6, 6.07) is 5.71. The minimum atomic E-state index is -1.75. The number of amides is 1. The maximum atomic E-state index is 12.0. The van der Waals surface area contributed by atoms with Crippen molar-refractivity contribution in [1.82, 2.24) is 5.32 Å². The van der Waals surface area contributed by atoms with Gasteiger partial charge in [-0.15, -0.1) is 0 Å². The Labute approximate surface area is 156 Å². The highest BCUT2D eigenvalue weighted by Crippen LogP contribution is 2.31. The number of carbonyl (C=O) groups is 1. The van der Waals surface area contributed by atoms with Gasteiger partial charge in [0.05, 0.1) is 6.10 Å². The van der Waals surface area contributed by atoms with E-state index in [2.05, 4.69) is 10.6 Å². The molecular formula is C16H21Cl3N2O3. The molecule has 1 aromatic rings. The zero-order valence-corrected chi connectivity index (χ0v) is 15.8. The molecule has 1 aromatic carbocycles. The summed E-state index contributed by atoms with van der Waals surface area (Å²) in [7, 11) is 0. The van der Waals surface area contributed by atoms with Gasteiger partial charge < -0.3 is 14.8 Å². The second kappa shape index (κ2) is 8.48. The van der Waals surface area contributed by atoms with E-state index in [0.29, 0.717) is 6.61 Å². The maximum Gasteiger partial charge on any atom is 0.408 e. The minimum Gasteiger partial charge on any atom is -0.447 e. The SMILES string of the molecule is Cc1ccc(N[C@@H](NC(=O)OC[C@@H]2CCCO2)C(Cl)(Cl)Cl)cc1C. The van der Waals surface area contributed by atoms with Crippen LogP contribution in [-0.2, 0) is 9.47 Å². The fraction of sp³-hybridized carbons (Fsp3) is 0.562. The standard InChI is InChI=1S/C16H21Cl3N2O3/c1-10-5-6-12(8-11(10)2)20-14(16(17,18)19)21-15(22)24-9-13-4-3-7-23-13/h5-6,8,13-14,20H,3-4,7,9H2,1-2H3,(H,21,22)/t13-,14-/m0/s1. The van der Waals surface area contributed by atoms with Gasteiger partial charge in [0.2, 0.25) is 3.79 Å². The first-order valence-electron chi connectivity index (χ1n) is 7.71. The van der Waals surface area contributed by atoms with Crippen LogP contribution in [0.3, 0.4) is 0 Å². The molecular weight excluding hydrogens is 375 g/mol. The predicted octanol–water partition coefficient (Wildman–Crippen LogP) is 4.32. The van der Waals surface area contributed by atoms with Crippen LogP contribution >= 0.6 is 34.8 Å². The number of hydrogen-bond acceptors (Lipinski definition) is 4. The summed E-state index contributed by atoms with van der Waals surface area (Å²) in [5.74, 6) is 0. The number of rotatable bonds is 5. The fourth-order valence-electron chi connectivity index (χ4n) is 2.30. The quantitative estimate of drug-likeness (QED) is 0.576. The van der Waals surface area contributed by atoms with Crippen molar-refractivity contribution in [2.24, 2.45) is 0 Å². The van der Waals surface area contributed by atoms with Crippen molar-refractivity contribution in [2.45, 2.75) is 42.8 Å². The molecule has 2 atom stereocenters. The van der Waals surface area contributed by atoms with Gasteiger partial charge in [0.1, 0.15) is 12.8 Å². The smallest absolute Gasteiger partial charge is 0.408 e. The molecule has 0 unspecified atom stereocenters. The number of aryl methyl sites for hydroxylation is 2. The van der Waals surface area contributed by atoms with Crippen molar-refractivity contribution in [1.29, 1.82) is 0 Å². The molecule has 1 amide bonds. The van der Waals surface area contributed by atoms with E-state index in [4.69, 9.17) is 44.3 Å². The van der Waals surface area contributed by atoms with Crippen LogP contribution in [-0.4, -0.2) is 35.4 Å². The van der Waals surface area contributed by atoms with Crippen molar-refractivity contribution >= 4 is 46.6 Å². The van der Waals surface area contributed by atoms with Crippen LogP contribution < -0.4 is 10.6 Å². The third-order valence-electron chi connectivity index (χ3n) is 3.83. The minimum absolute atomic E-state index is 0.0605. The molecule has 2 N–H and O–H groups in total. The van der Waals surface area contributed by atoms with Crippen molar-refractivity contribution in [2.75, 3.05) is 18.5 Å². The average molecular weight is 396 g/mol. The Morgan fingerprint density at radius 2 is 2.12 bits per heavy atom. The van der Waals surface area contributed by atoms with Gasteiger partial charge in [0, 0.05) is 12.3 Å². The summed E-state index contributed by atoms with van der Waals surface area (Å²) in [5, 5.41) is 5.55. The first-order chi connectivity index (χ1) is 11.3. The molecule has 24 heavy (non-hydrogen) atoms. The molecule has 5 nitrogen and oxygen atoms in total. The van der Waals surface area contributed by atoms with E-state index in [1.165, 1.54) is 0 Å². The highest BCUT2D eigenvalue weighted by atomic mass is 35.6. The van der Waals surface area contributed by atoms with Gasteiger partial charge in [-0.25, -0.2) is 4.79 Å². The lowest BCUT2D eigenvalue weighted by atomic mass is 10.1. The number of alkyl halides is 3. The molecule has 134 valence electrons. The van der Waals surface area contributed by atoms with Gasteiger partial charge in [-0.1, -0.05) is 40.9 Å². The van der Waals surface area contributed by atoms with Crippen LogP contribution in [0.15, 0.2) is 18.2 Å². The number of halogens is 3. The molecule has 0 aliphatic carbocycles. The van der Waals surface area contributed by atoms with Crippen molar-refractivity contribution < 1.29 is 14.3 Å². The van der Waals surface area contributed by atoms with Gasteiger partial charge >= 0.3 is 6.09 Å². The van der Waals surface area contributed by atoms with Crippen molar-refractivity contribution in [3.63, 3.8) is 0 Å². The second-order valence-electron chi connectivity index (χ2n) is 5.80. The molecule has 1 aliphatic rings. The Morgan fingerprint density at radius 3 is 2.71 bits per heavy atom. The Balaban J connectivity index is 1.94. The lowest BCUT2D eigenvalue weighted by Gasteiger charge is -2.27. The van der Waals surface area contributed by atoms with Crippen molar-refractivity contribution in [3.8, 4) is 0 Å². The average Bonchev–Trinajstić information content (AvgIpc) is 3.00. The Kier molecular flexibility index (Phi) is 6.87. The number of carbonyl (C=O) groups excluding carboxylic acids is 1. The number of ether oxygens (including phenoxy) is 2. The fourth-order valence-corrected chi connectivity index (χ4v) is 2.63. The van der Waals surface area contributed by atoms with Gasteiger partial charge in [-0.05, 0) is 49.9 Å². The number of anilines is 1.